The van der Waals surface area contributed by atoms with E-state index >= 15 is 0 Å². The number of aliphatic hydroxyl groups is 3. The maximum absolute atomic E-state index is 9.79. The SMILES string of the molecule is CCCCCCC/C=C/CCO[C@@H]1[C@H]([C@@H](O)CO)OC[C@H]1O. The summed E-state index contributed by atoms with van der Waals surface area (Å²) in [7, 11) is 0. The van der Waals surface area contributed by atoms with Crippen LogP contribution in [0.1, 0.15) is 51.9 Å². The lowest BCUT2D eigenvalue weighted by atomic mass is 10.1. The average molecular weight is 316 g/mol. The highest BCUT2D eigenvalue weighted by Gasteiger charge is 2.40. The number of aliphatic hydroxyl groups excluding tert-OH is 3. The van der Waals surface area contributed by atoms with E-state index in [1.54, 1.807) is 0 Å². The molecule has 1 fully saturated rings. The molecule has 1 aliphatic heterocycles. The molecule has 0 unspecified atom stereocenters. The molecule has 130 valence electrons. The summed E-state index contributed by atoms with van der Waals surface area (Å²) in [5.41, 5.74) is 0. The van der Waals surface area contributed by atoms with Crippen LogP contribution >= 0.6 is 0 Å². The molecule has 5 heteroatoms. The van der Waals surface area contributed by atoms with Gasteiger partial charge < -0.3 is 24.8 Å². The predicted molar refractivity (Wildman–Crippen MR) is 85.7 cm³/mol. The fraction of sp³-hybridized carbons (Fsp3) is 0.882. The van der Waals surface area contributed by atoms with Gasteiger partial charge in [0.2, 0.25) is 0 Å². The molecule has 0 aliphatic carbocycles. The number of hydrogen-bond donors (Lipinski definition) is 3. The molecular weight excluding hydrogens is 284 g/mol. The van der Waals surface area contributed by atoms with Gasteiger partial charge in [-0.1, -0.05) is 44.8 Å². The molecule has 1 saturated heterocycles. The van der Waals surface area contributed by atoms with Gasteiger partial charge in [-0.2, -0.15) is 0 Å². The molecule has 1 rings (SSSR count). The minimum atomic E-state index is -1.01. The molecule has 1 heterocycles. The first-order chi connectivity index (χ1) is 10.7. The molecule has 0 spiro atoms. The third kappa shape index (κ3) is 7.20. The summed E-state index contributed by atoms with van der Waals surface area (Å²) in [6, 6.07) is 0. The van der Waals surface area contributed by atoms with Gasteiger partial charge in [0.05, 0.1) is 19.8 Å². The van der Waals surface area contributed by atoms with Crippen molar-refractivity contribution in [3.8, 4) is 0 Å². The van der Waals surface area contributed by atoms with E-state index in [1.165, 1.54) is 32.1 Å². The van der Waals surface area contributed by atoms with Crippen LogP contribution in [-0.2, 0) is 9.47 Å². The Bertz CT molecular complexity index is 295. The molecule has 0 bridgehead atoms. The minimum Gasteiger partial charge on any atom is -0.394 e. The second kappa shape index (κ2) is 12.0. The van der Waals surface area contributed by atoms with Gasteiger partial charge in [0.25, 0.3) is 0 Å². The second-order valence-electron chi connectivity index (χ2n) is 5.91. The number of ether oxygens (including phenoxy) is 2. The van der Waals surface area contributed by atoms with Gasteiger partial charge in [-0.15, -0.1) is 0 Å². The van der Waals surface area contributed by atoms with Crippen molar-refractivity contribution >= 4 is 0 Å². The second-order valence-corrected chi connectivity index (χ2v) is 5.91. The molecule has 0 aromatic heterocycles. The van der Waals surface area contributed by atoms with Crippen LogP contribution in [0.4, 0.5) is 0 Å². The molecule has 0 aromatic rings. The van der Waals surface area contributed by atoms with E-state index in [4.69, 9.17) is 14.6 Å². The summed E-state index contributed by atoms with van der Waals surface area (Å²) in [5, 5.41) is 28.4. The van der Waals surface area contributed by atoms with E-state index < -0.39 is 31.0 Å². The van der Waals surface area contributed by atoms with Gasteiger partial charge in [-0.3, -0.25) is 0 Å². The molecular formula is C17H32O5. The van der Waals surface area contributed by atoms with Crippen LogP contribution in [0.5, 0.6) is 0 Å². The van der Waals surface area contributed by atoms with Crippen LogP contribution in [-0.4, -0.2) is 59.6 Å². The third-order valence-electron chi connectivity index (χ3n) is 3.96. The Kier molecular flexibility index (Phi) is 10.7. The van der Waals surface area contributed by atoms with Crippen LogP contribution in [0.25, 0.3) is 0 Å². The Labute approximate surface area is 133 Å². The van der Waals surface area contributed by atoms with Crippen molar-refractivity contribution in [1.82, 2.24) is 0 Å². The fourth-order valence-corrected chi connectivity index (χ4v) is 2.63. The lowest BCUT2D eigenvalue weighted by Gasteiger charge is -2.23. The van der Waals surface area contributed by atoms with Gasteiger partial charge in [-0.05, 0) is 19.3 Å². The summed E-state index contributed by atoms with van der Waals surface area (Å²) in [4.78, 5) is 0. The Morgan fingerprint density at radius 1 is 1.18 bits per heavy atom. The van der Waals surface area contributed by atoms with E-state index in [1.807, 2.05) is 0 Å². The Balaban J connectivity index is 2.10. The smallest absolute Gasteiger partial charge is 0.114 e. The molecule has 0 amide bonds. The van der Waals surface area contributed by atoms with Crippen molar-refractivity contribution in [2.45, 2.75) is 76.3 Å². The Morgan fingerprint density at radius 3 is 2.64 bits per heavy atom. The first-order valence-electron chi connectivity index (χ1n) is 8.55. The summed E-state index contributed by atoms with van der Waals surface area (Å²) in [6.45, 7) is 2.44. The van der Waals surface area contributed by atoms with Gasteiger partial charge in [-0.25, -0.2) is 0 Å². The molecule has 4 atom stereocenters. The van der Waals surface area contributed by atoms with E-state index in [0.717, 1.165) is 12.8 Å². The molecule has 0 radical (unpaired) electrons. The van der Waals surface area contributed by atoms with E-state index in [-0.39, 0.29) is 6.61 Å². The van der Waals surface area contributed by atoms with Crippen molar-refractivity contribution in [3.63, 3.8) is 0 Å². The Morgan fingerprint density at radius 2 is 1.91 bits per heavy atom. The first-order valence-corrected chi connectivity index (χ1v) is 8.55. The summed E-state index contributed by atoms with van der Waals surface area (Å²) < 4.78 is 10.9. The zero-order chi connectivity index (χ0) is 16.2. The van der Waals surface area contributed by atoms with Gasteiger partial charge >= 0.3 is 0 Å². The van der Waals surface area contributed by atoms with E-state index in [0.29, 0.717) is 6.61 Å². The zero-order valence-corrected chi connectivity index (χ0v) is 13.7. The Hall–Kier alpha value is -0.460. The van der Waals surface area contributed by atoms with Gasteiger partial charge in [0, 0.05) is 0 Å². The number of hydrogen-bond acceptors (Lipinski definition) is 5. The average Bonchev–Trinajstić information content (AvgIpc) is 2.89. The molecule has 1 aliphatic rings. The maximum atomic E-state index is 9.79. The summed E-state index contributed by atoms with van der Waals surface area (Å²) in [6.07, 6.45) is 9.63. The van der Waals surface area contributed by atoms with Crippen LogP contribution < -0.4 is 0 Å². The molecule has 0 saturated carbocycles. The molecule has 22 heavy (non-hydrogen) atoms. The summed E-state index contributed by atoms with van der Waals surface area (Å²) >= 11 is 0. The third-order valence-corrected chi connectivity index (χ3v) is 3.96. The van der Waals surface area contributed by atoms with Crippen molar-refractivity contribution in [2.75, 3.05) is 19.8 Å². The minimum absolute atomic E-state index is 0.139. The quantitative estimate of drug-likeness (QED) is 0.378. The topological polar surface area (TPSA) is 79.2 Å². The number of rotatable bonds is 12. The zero-order valence-electron chi connectivity index (χ0n) is 13.7. The van der Waals surface area contributed by atoms with Gasteiger partial charge in [0.1, 0.15) is 24.4 Å². The van der Waals surface area contributed by atoms with Crippen molar-refractivity contribution in [1.29, 1.82) is 0 Å². The van der Waals surface area contributed by atoms with Crippen LogP contribution in [0.15, 0.2) is 12.2 Å². The molecule has 3 N–H and O–H groups in total. The highest BCUT2D eigenvalue weighted by Crippen LogP contribution is 2.21. The first kappa shape index (κ1) is 19.6. The standard InChI is InChI=1S/C17H32O5/c1-2-3-4-5-6-7-8-9-10-11-21-17-15(20)13-22-16(17)14(19)12-18/h8-9,14-20H,2-7,10-13H2,1H3/b9-8+/t14-,15+,16-,17-/m0/s1. The van der Waals surface area contributed by atoms with Crippen molar-refractivity contribution in [3.05, 3.63) is 12.2 Å². The lowest BCUT2D eigenvalue weighted by Crippen LogP contribution is -2.42. The van der Waals surface area contributed by atoms with Gasteiger partial charge in [0.15, 0.2) is 0 Å². The summed E-state index contributed by atoms with van der Waals surface area (Å²) in [5.74, 6) is 0. The number of unbranched alkanes of at least 4 members (excludes halogenated alkanes) is 5. The lowest BCUT2D eigenvalue weighted by molar-refractivity contribution is -0.0924. The molecule has 5 nitrogen and oxygen atoms in total. The highest BCUT2D eigenvalue weighted by molar-refractivity contribution is 4.89. The predicted octanol–water partition coefficient (Wildman–Crippen LogP) is 1.79. The van der Waals surface area contributed by atoms with Crippen molar-refractivity contribution in [2.24, 2.45) is 0 Å². The number of allylic oxidation sites excluding steroid dienone is 1. The fourth-order valence-electron chi connectivity index (χ4n) is 2.63. The van der Waals surface area contributed by atoms with Crippen LogP contribution in [0, 0.1) is 0 Å². The maximum Gasteiger partial charge on any atom is 0.114 e. The highest BCUT2D eigenvalue weighted by atomic mass is 16.6. The van der Waals surface area contributed by atoms with Crippen LogP contribution in [0.3, 0.4) is 0 Å². The van der Waals surface area contributed by atoms with Crippen LogP contribution in [0.2, 0.25) is 0 Å². The van der Waals surface area contributed by atoms with Crippen molar-refractivity contribution < 1.29 is 24.8 Å². The van der Waals surface area contributed by atoms with E-state index in [9.17, 15) is 10.2 Å². The monoisotopic (exact) mass is 316 g/mol. The van der Waals surface area contributed by atoms with E-state index in [2.05, 4.69) is 19.1 Å². The largest absolute Gasteiger partial charge is 0.394 e. The normalized spacial score (nSPS) is 26.8. The molecule has 0 aromatic carbocycles.